The van der Waals surface area contributed by atoms with E-state index >= 15 is 0 Å². The molecule has 0 aliphatic carbocycles. The number of fused-ring (bicyclic) bond motifs is 1. The largest absolute Gasteiger partial charge is 0.394 e. The minimum atomic E-state index is -0.0963. The molecule has 2 aromatic heterocycles. The van der Waals surface area contributed by atoms with Gasteiger partial charge in [0.15, 0.2) is 5.78 Å². The highest BCUT2D eigenvalue weighted by molar-refractivity contribution is 6.17. The van der Waals surface area contributed by atoms with E-state index in [-0.39, 0.29) is 24.5 Å². The Balaban J connectivity index is 1.64. The molecule has 1 aromatic carbocycles. The van der Waals surface area contributed by atoms with Gasteiger partial charge in [0.25, 0.3) is 0 Å². The molecule has 134 valence electrons. The molecule has 1 saturated heterocycles. The number of aliphatic hydroxyl groups is 1. The molecule has 0 bridgehead atoms. The molecular formula is C19H20N4O3. The number of carbonyl (C=O) groups is 1. The number of hydrogen-bond donors (Lipinski definition) is 3. The van der Waals surface area contributed by atoms with Crippen LogP contribution in [-0.2, 0) is 4.74 Å². The molecule has 7 heteroatoms. The number of aromatic nitrogens is 3. The Morgan fingerprint density at radius 2 is 2.12 bits per heavy atom. The monoisotopic (exact) mass is 352 g/mol. The highest BCUT2D eigenvalue weighted by Gasteiger charge is 2.24. The SMILES string of the molecule is O=C(c1ccccc1)c1c[nH]c2ncnc(NC3CC[C@@H](CO)OC3)c12. The maximum Gasteiger partial charge on any atom is 0.195 e. The normalized spacial score (nSPS) is 20.2. The summed E-state index contributed by atoms with van der Waals surface area (Å²) in [7, 11) is 0. The number of hydrogen-bond acceptors (Lipinski definition) is 6. The average molecular weight is 352 g/mol. The first-order valence-corrected chi connectivity index (χ1v) is 8.67. The zero-order chi connectivity index (χ0) is 17.9. The number of H-pyrrole nitrogens is 1. The summed E-state index contributed by atoms with van der Waals surface area (Å²) in [5.74, 6) is 0.543. The second-order valence-electron chi connectivity index (χ2n) is 6.40. The van der Waals surface area contributed by atoms with Gasteiger partial charge in [-0.25, -0.2) is 9.97 Å². The van der Waals surface area contributed by atoms with Gasteiger partial charge in [0, 0.05) is 11.8 Å². The van der Waals surface area contributed by atoms with Crippen LogP contribution in [0.2, 0.25) is 0 Å². The number of aliphatic hydroxyl groups excluding tert-OH is 1. The van der Waals surface area contributed by atoms with Gasteiger partial charge in [-0.05, 0) is 12.8 Å². The minimum Gasteiger partial charge on any atom is -0.394 e. The Bertz CT molecular complexity index is 902. The Labute approximate surface area is 150 Å². The number of aromatic amines is 1. The molecule has 0 saturated carbocycles. The molecule has 2 atom stereocenters. The average Bonchev–Trinajstić information content (AvgIpc) is 3.14. The maximum atomic E-state index is 12.9. The number of rotatable bonds is 5. The lowest BCUT2D eigenvalue weighted by atomic mass is 10.0. The summed E-state index contributed by atoms with van der Waals surface area (Å²) < 4.78 is 5.62. The van der Waals surface area contributed by atoms with E-state index in [1.54, 1.807) is 18.3 Å². The van der Waals surface area contributed by atoms with E-state index in [0.29, 0.717) is 34.6 Å². The van der Waals surface area contributed by atoms with Crippen molar-refractivity contribution in [1.82, 2.24) is 15.0 Å². The molecule has 0 spiro atoms. The van der Waals surface area contributed by atoms with Crippen LogP contribution in [0.15, 0.2) is 42.9 Å². The van der Waals surface area contributed by atoms with E-state index < -0.39 is 0 Å². The fourth-order valence-corrected chi connectivity index (χ4v) is 3.25. The van der Waals surface area contributed by atoms with Gasteiger partial charge in [0.05, 0.1) is 36.3 Å². The summed E-state index contributed by atoms with van der Waals surface area (Å²) in [6.07, 6.45) is 4.70. The second-order valence-corrected chi connectivity index (χ2v) is 6.40. The zero-order valence-corrected chi connectivity index (χ0v) is 14.2. The molecule has 1 fully saturated rings. The molecule has 4 rings (SSSR count). The van der Waals surface area contributed by atoms with E-state index in [2.05, 4.69) is 20.3 Å². The molecule has 3 aromatic rings. The van der Waals surface area contributed by atoms with E-state index in [9.17, 15) is 9.90 Å². The highest BCUT2D eigenvalue weighted by atomic mass is 16.5. The third-order valence-electron chi connectivity index (χ3n) is 4.67. The van der Waals surface area contributed by atoms with Crippen LogP contribution in [0.3, 0.4) is 0 Å². The van der Waals surface area contributed by atoms with Gasteiger partial charge in [-0.15, -0.1) is 0 Å². The predicted octanol–water partition coefficient (Wildman–Crippen LogP) is 2.14. The molecule has 1 aliphatic heterocycles. The number of anilines is 1. The van der Waals surface area contributed by atoms with Gasteiger partial charge in [0.1, 0.15) is 17.8 Å². The fourth-order valence-electron chi connectivity index (χ4n) is 3.25. The number of ketones is 1. The van der Waals surface area contributed by atoms with Gasteiger partial charge < -0.3 is 20.1 Å². The third-order valence-corrected chi connectivity index (χ3v) is 4.67. The summed E-state index contributed by atoms with van der Waals surface area (Å²) in [5, 5.41) is 13.2. The van der Waals surface area contributed by atoms with E-state index in [1.165, 1.54) is 6.33 Å². The molecular weight excluding hydrogens is 332 g/mol. The Morgan fingerprint density at radius 1 is 1.27 bits per heavy atom. The van der Waals surface area contributed by atoms with Gasteiger partial charge >= 0.3 is 0 Å². The van der Waals surface area contributed by atoms with Crippen molar-refractivity contribution >= 4 is 22.6 Å². The Kier molecular flexibility index (Phi) is 4.64. The summed E-state index contributed by atoms with van der Waals surface area (Å²) in [6.45, 7) is 0.529. The molecule has 1 unspecified atom stereocenters. The van der Waals surface area contributed by atoms with Crippen LogP contribution in [-0.4, -0.2) is 51.2 Å². The van der Waals surface area contributed by atoms with E-state index in [1.807, 2.05) is 18.2 Å². The molecule has 0 radical (unpaired) electrons. The van der Waals surface area contributed by atoms with Crippen LogP contribution in [0, 0.1) is 0 Å². The van der Waals surface area contributed by atoms with Crippen molar-refractivity contribution in [3.05, 3.63) is 54.0 Å². The Hall–Kier alpha value is -2.77. The van der Waals surface area contributed by atoms with E-state index in [0.717, 1.165) is 12.8 Å². The maximum absolute atomic E-state index is 12.9. The number of carbonyl (C=O) groups excluding carboxylic acids is 1. The number of nitrogens with zero attached hydrogens (tertiary/aromatic N) is 2. The summed E-state index contributed by atoms with van der Waals surface area (Å²) in [4.78, 5) is 24.5. The molecule has 26 heavy (non-hydrogen) atoms. The van der Waals surface area contributed by atoms with E-state index in [4.69, 9.17) is 4.74 Å². The van der Waals surface area contributed by atoms with Crippen molar-refractivity contribution in [2.75, 3.05) is 18.5 Å². The van der Waals surface area contributed by atoms with Crippen molar-refractivity contribution in [2.45, 2.75) is 25.0 Å². The second kappa shape index (κ2) is 7.23. The standard InChI is InChI=1S/C19H20N4O3/c24-9-14-7-6-13(10-26-14)23-19-16-15(8-20-18(16)21-11-22-19)17(25)12-4-2-1-3-5-12/h1-5,8,11,13-14,24H,6-7,9-10H2,(H2,20,21,22,23)/t13?,14-/m0/s1. The lowest BCUT2D eigenvalue weighted by molar-refractivity contribution is -0.0224. The van der Waals surface area contributed by atoms with Gasteiger partial charge in [-0.1, -0.05) is 30.3 Å². The number of benzene rings is 1. The van der Waals surface area contributed by atoms with Crippen molar-refractivity contribution in [1.29, 1.82) is 0 Å². The first-order chi connectivity index (χ1) is 12.8. The van der Waals surface area contributed by atoms with Crippen LogP contribution in [0.4, 0.5) is 5.82 Å². The lowest BCUT2D eigenvalue weighted by Gasteiger charge is -2.29. The van der Waals surface area contributed by atoms with Crippen LogP contribution in [0.1, 0.15) is 28.8 Å². The zero-order valence-electron chi connectivity index (χ0n) is 14.2. The van der Waals surface area contributed by atoms with Crippen LogP contribution >= 0.6 is 0 Å². The van der Waals surface area contributed by atoms with Crippen molar-refractivity contribution in [3.63, 3.8) is 0 Å². The smallest absolute Gasteiger partial charge is 0.195 e. The molecule has 7 nitrogen and oxygen atoms in total. The number of nitrogens with one attached hydrogen (secondary N) is 2. The molecule has 0 amide bonds. The van der Waals surface area contributed by atoms with Crippen molar-refractivity contribution in [3.8, 4) is 0 Å². The Morgan fingerprint density at radius 3 is 2.85 bits per heavy atom. The molecule has 3 N–H and O–H groups in total. The molecule has 3 heterocycles. The first-order valence-electron chi connectivity index (χ1n) is 8.67. The van der Waals surface area contributed by atoms with Crippen LogP contribution in [0.5, 0.6) is 0 Å². The fraction of sp³-hybridized carbons (Fsp3) is 0.316. The van der Waals surface area contributed by atoms with Crippen LogP contribution < -0.4 is 5.32 Å². The summed E-state index contributed by atoms with van der Waals surface area (Å²) in [6, 6.07) is 9.23. The molecule has 1 aliphatic rings. The van der Waals surface area contributed by atoms with Crippen molar-refractivity contribution in [2.24, 2.45) is 0 Å². The quantitative estimate of drug-likeness (QED) is 0.608. The van der Waals surface area contributed by atoms with Crippen LogP contribution in [0.25, 0.3) is 11.0 Å². The highest BCUT2D eigenvalue weighted by Crippen LogP contribution is 2.27. The number of ether oxygens (including phenoxy) is 1. The first kappa shape index (κ1) is 16.7. The minimum absolute atomic E-state index is 0.0397. The topological polar surface area (TPSA) is 100 Å². The summed E-state index contributed by atoms with van der Waals surface area (Å²) >= 11 is 0. The van der Waals surface area contributed by atoms with Gasteiger partial charge in [0.2, 0.25) is 0 Å². The predicted molar refractivity (Wildman–Crippen MR) is 97.2 cm³/mol. The van der Waals surface area contributed by atoms with Crippen molar-refractivity contribution < 1.29 is 14.6 Å². The lowest BCUT2D eigenvalue weighted by Crippen LogP contribution is -2.36. The summed E-state index contributed by atoms with van der Waals surface area (Å²) in [5.41, 5.74) is 1.78. The third kappa shape index (κ3) is 3.18. The van der Waals surface area contributed by atoms with Gasteiger partial charge in [-0.2, -0.15) is 0 Å². The van der Waals surface area contributed by atoms with Gasteiger partial charge in [-0.3, -0.25) is 4.79 Å².